The van der Waals surface area contributed by atoms with Crippen LogP contribution < -0.4 is 16.6 Å². The second-order valence-electron chi connectivity index (χ2n) is 7.09. The molecular formula is C17H24FN5O3. The molecule has 26 heavy (non-hydrogen) atoms. The summed E-state index contributed by atoms with van der Waals surface area (Å²) in [6.07, 6.45) is 4.69. The number of aromatic nitrogens is 2. The second-order valence-corrected chi connectivity index (χ2v) is 7.09. The van der Waals surface area contributed by atoms with Crippen LogP contribution in [0.5, 0.6) is 0 Å². The van der Waals surface area contributed by atoms with Gasteiger partial charge in [0.2, 0.25) is 5.91 Å². The average molecular weight is 365 g/mol. The van der Waals surface area contributed by atoms with Gasteiger partial charge in [-0.25, -0.2) is 4.39 Å². The molecule has 2 atom stereocenters. The third kappa shape index (κ3) is 4.27. The van der Waals surface area contributed by atoms with E-state index in [0.29, 0.717) is 38.6 Å². The topological polar surface area (TPSA) is 121 Å². The molecular weight excluding hydrogens is 341 g/mol. The summed E-state index contributed by atoms with van der Waals surface area (Å²) in [5.41, 5.74) is 5.82. The molecule has 1 saturated carbocycles. The summed E-state index contributed by atoms with van der Waals surface area (Å²) in [4.78, 5) is 43.4. The molecule has 9 heteroatoms. The first-order chi connectivity index (χ1) is 12.4. The number of hydrogen-bond acceptors (Lipinski definition) is 5. The van der Waals surface area contributed by atoms with Gasteiger partial charge in [0.05, 0.1) is 25.0 Å². The molecule has 142 valence electrons. The third-order valence-corrected chi connectivity index (χ3v) is 5.24. The molecule has 1 aromatic rings. The maximum Gasteiger partial charge on any atom is 0.269 e. The molecule has 2 aliphatic rings. The number of nitrogens with zero attached hydrogens (tertiary/aromatic N) is 2. The molecule has 8 nitrogen and oxygen atoms in total. The van der Waals surface area contributed by atoms with E-state index in [9.17, 15) is 18.8 Å². The molecule has 0 bridgehead atoms. The number of hydrogen-bond donors (Lipinski definition) is 3. The molecule has 3 rings (SSSR count). The van der Waals surface area contributed by atoms with Gasteiger partial charge in [0.25, 0.3) is 11.5 Å². The summed E-state index contributed by atoms with van der Waals surface area (Å²) in [5, 5.41) is 2.88. The van der Waals surface area contributed by atoms with Crippen molar-refractivity contribution in [2.75, 3.05) is 13.1 Å². The molecule has 4 N–H and O–H groups in total. The van der Waals surface area contributed by atoms with Gasteiger partial charge in [0.15, 0.2) is 0 Å². The van der Waals surface area contributed by atoms with E-state index in [1.54, 1.807) is 0 Å². The first kappa shape index (κ1) is 18.5. The fourth-order valence-electron chi connectivity index (χ4n) is 3.71. The SMILES string of the molecule is N[C@H](C(=O)N1CC[C@@H](F)C1)C1CCC(NC(=O)c2cncc(=O)[nH]2)CC1. The van der Waals surface area contributed by atoms with Crippen LogP contribution >= 0.6 is 0 Å². The highest BCUT2D eigenvalue weighted by molar-refractivity contribution is 5.92. The summed E-state index contributed by atoms with van der Waals surface area (Å²) >= 11 is 0. The van der Waals surface area contributed by atoms with Crippen molar-refractivity contribution in [3.8, 4) is 0 Å². The van der Waals surface area contributed by atoms with E-state index in [4.69, 9.17) is 5.73 Å². The van der Waals surface area contributed by atoms with Crippen molar-refractivity contribution in [1.29, 1.82) is 0 Å². The Hall–Kier alpha value is -2.29. The molecule has 0 unspecified atom stereocenters. The van der Waals surface area contributed by atoms with E-state index < -0.39 is 17.8 Å². The van der Waals surface area contributed by atoms with E-state index in [-0.39, 0.29) is 36.0 Å². The Balaban J connectivity index is 1.48. The monoisotopic (exact) mass is 365 g/mol. The number of rotatable bonds is 4. The van der Waals surface area contributed by atoms with Crippen molar-refractivity contribution >= 4 is 11.8 Å². The van der Waals surface area contributed by atoms with E-state index in [1.807, 2.05) is 0 Å². The Kier molecular flexibility index (Phi) is 5.65. The zero-order chi connectivity index (χ0) is 18.7. The molecule has 2 fully saturated rings. The van der Waals surface area contributed by atoms with E-state index in [0.717, 1.165) is 6.20 Å². The Morgan fingerprint density at radius 1 is 1.27 bits per heavy atom. The number of nitrogens with two attached hydrogens (primary N) is 1. The predicted octanol–water partition coefficient (Wildman–Crippen LogP) is -0.0438. The van der Waals surface area contributed by atoms with Gasteiger partial charge in [-0.2, -0.15) is 0 Å². The number of halogens is 1. The highest BCUT2D eigenvalue weighted by Gasteiger charge is 2.35. The van der Waals surface area contributed by atoms with E-state index in [1.165, 1.54) is 11.1 Å². The lowest BCUT2D eigenvalue weighted by molar-refractivity contribution is -0.133. The van der Waals surface area contributed by atoms with Gasteiger partial charge >= 0.3 is 0 Å². The van der Waals surface area contributed by atoms with E-state index in [2.05, 4.69) is 15.3 Å². The molecule has 1 saturated heterocycles. The Labute approximate surface area is 150 Å². The molecule has 2 amide bonds. The van der Waals surface area contributed by atoms with Crippen LogP contribution in [0, 0.1) is 5.92 Å². The van der Waals surface area contributed by atoms with E-state index >= 15 is 0 Å². The van der Waals surface area contributed by atoms with Gasteiger partial charge in [-0.05, 0) is 38.0 Å². The maximum absolute atomic E-state index is 13.3. The third-order valence-electron chi connectivity index (χ3n) is 5.24. The zero-order valence-corrected chi connectivity index (χ0v) is 14.5. The first-order valence-corrected chi connectivity index (χ1v) is 8.97. The predicted molar refractivity (Wildman–Crippen MR) is 92.1 cm³/mol. The number of amides is 2. The van der Waals surface area contributed by atoms with Crippen LogP contribution in [0.1, 0.15) is 42.6 Å². The quantitative estimate of drug-likeness (QED) is 0.691. The van der Waals surface area contributed by atoms with Crippen molar-refractivity contribution in [2.45, 2.75) is 50.4 Å². The highest BCUT2D eigenvalue weighted by atomic mass is 19.1. The molecule has 0 radical (unpaired) electrons. The number of carbonyl (C=O) groups excluding carboxylic acids is 2. The van der Waals surface area contributed by atoms with Gasteiger partial charge in [-0.1, -0.05) is 0 Å². The second kappa shape index (κ2) is 7.94. The van der Waals surface area contributed by atoms with Crippen LogP contribution in [0.2, 0.25) is 0 Å². The minimum atomic E-state index is -0.948. The zero-order valence-electron chi connectivity index (χ0n) is 14.5. The molecule has 0 aromatic carbocycles. The highest BCUT2D eigenvalue weighted by Crippen LogP contribution is 2.28. The lowest BCUT2D eigenvalue weighted by Crippen LogP contribution is -2.49. The average Bonchev–Trinajstić information content (AvgIpc) is 3.07. The van der Waals surface area contributed by atoms with Crippen molar-refractivity contribution in [1.82, 2.24) is 20.2 Å². The number of nitrogens with one attached hydrogen (secondary N) is 2. The Morgan fingerprint density at radius 2 is 2.00 bits per heavy atom. The van der Waals surface area contributed by atoms with Crippen LogP contribution in [0.3, 0.4) is 0 Å². The summed E-state index contributed by atoms with van der Waals surface area (Å²) < 4.78 is 13.3. The summed E-state index contributed by atoms with van der Waals surface area (Å²) in [7, 11) is 0. The number of carbonyl (C=O) groups is 2. The Bertz CT molecular complexity index is 716. The minimum absolute atomic E-state index is 0.0347. The Morgan fingerprint density at radius 3 is 2.62 bits per heavy atom. The molecule has 1 aliphatic heterocycles. The van der Waals surface area contributed by atoms with Gasteiger partial charge < -0.3 is 20.9 Å². The fourth-order valence-corrected chi connectivity index (χ4v) is 3.71. The van der Waals surface area contributed by atoms with Crippen LogP contribution in [0.4, 0.5) is 4.39 Å². The summed E-state index contributed by atoms with van der Waals surface area (Å²) in [5.74, 6) is -0.511. The lowest BCUT2D eigenvalue weighted by atomic mass is 9.81. The molecule has 1 aliphatic carbocycles. The maximum atomic E-state index is 13.3. The molecule has 0 spiro atoms. The standard InChI is InChI=1S/C17H24FN5O3/c18-11-5-6-23(9-11)17(26)15(19)10-1-3-12(4-2-10)21-16(25)13-7-20-8-14(24)22-13/h7-8,10-12,15H,1-6,9,19H2,(H,21,25)(H,22,24)/t10?,11-,12?,15+/m1/s1. The van der Waals surface area contributed by atoms with Crippen LogP contribution in [-0.2, 0) is 4.79 Å². The largest absolute Gasteiger partial charge is 0.348 e. The molecule has 1 aromatic heterocycles. The number of alkyl halides is 1. The van der Waals surface area contributed by atoms with Crippen molar-refractivity contribution in [3.63, 3.8) is 0 Å². The molecule has 2 heterocycles. The van der Waals surface area contributed by atoms with Crippen molar-refractivity contribution in [3.05, 3.63) is 28.4 Å². The van der Waals surface area contributed by atoms with Gasteiger partial charge in [0, 0.05) is 12.6 Å². The van der Waals surface area contributed by atoms with Crippen molar-refractivity contribution < 1.29 is 14.0 Å². The summed E-state index contributed by atoms with van der Waals surface area (Å²) in [6.45, 7) is 0.573. The normalized spacial score (nSPS) is 27.2. The van der Waals surface area contributed by atoms with Gasteiger partial charge in [0.1, 0.15) is 11.9 Å². The lowest BCUT2D eigenvalue weighted by Gasteiger charge is -2.33. The fraction of sp³-hybridized carbons (Fsp3) is 0.647. The number of aromatic amines is 1. The smallest absolute Gasteiger partial charge is 0.269 e. The van der Waals surface area contributed by atoms with Crippen molar-refractivity contribution in [2.24, 2.45) is 11.7 Å². The van der Waals surface area contributed by atoms with Crippen LogP contribution in [-0.4, -0.2) is 58.0 Å². The summed E-state index contributed by atoms with van der Waals surface area (Å²) in [6, 6.07) is -0.654. The first-order valence-electron chi connectivity index (χ1n) is 8.97. The van der Waals surface area contributed by atoms with Crippen LogP contribution in [0.25, 0.3) is 0 Å². The van der Waals surface area contributed by atoms with Crippen LogP contribution in [0.15, 0.2) is 17.2 Å². The number of H-pyrrole nitrogens is 1. The van der Waals surface area contributed by atoms with Gasteiger partial charge in [-0.15, -0.1) is 0 Å². The van der Waals surface area contributed by atoms with Gasteiger partial charge in [-0.3, -0.25) is 19.4 Å². The number of likely N-dealkylation sites (tertiary alicyclic amines) is 1. The minimum Gasteiger partial charge on any atom is -0.348 e.